The van der Waals surface area contributed by atoms with Gasteiger partial charge in [-0.25, -0.2) is 19.0 Å². The molecule has 1 aromatic carbocycles. The molecular weight excluding hydrogens is 413 g/mol. The second-order valence-corrected chi connectivity index (χ2v) is 6.77. The molecular formula is C18H19F3N2O5S. The Hall–Kier alpha value is -2.53. The number of aromatic nitrogens is 2. The third kappa shape index (κ3) is 6.50. The zero-order valence-corrected chi connectivity index (χ0v) is 16.5. The number of benzene rings is 1. The van der Waals surface area contributed by atoms with Crippen LogP contribution < -0.4 is 4.18 Å². The van der Waals surface area contributed by atoms with Crippen LogP contribution in [0.4, 0.5) is 13.2 Å². The van der Waals surface area contributed by atoms with Crippen LogP contribution in [0, 0.1) is 0 Å². The number of carbonyl (C=O) groups excluding carboxylic acids is 1. The van der Waals surface area contributed by atoms with Crippen molar-refractivity contribution in [3.05, 3.63) is 41.7 Å². The fourth-order valence-electron chi connectivity index (χ4n) is 2.28. The second-order valence-electron chi connectivity index (χ2n) is 5.67. The third-order valence-corrected chi connectivity index (χ3v) is 4.27. The summed E-state index contributed by atoms with van der Waals surface area (Å²) in [5, 5.41) is 0. The summed E-state index contributed by atoms with van der Waals surface area (Å²) in [6, 6.07) is 5.82. The molecule has 2 rings (SSSR count). The van der Waals surface area contributed by atoms with Gasteiger partial charge in [0.05, 0.1) is 24.1 Å². The molecule has 0 aliphatic heterocycles. The van der Waals surface area contributed by atoms with Gasteiger partial charge in [-0.15, -0.1) is 0 Å². The lowest BCUT2D eigenvalue weighted by molar-refractivity contribution is -0.0438. The Bertz CT molecular complexity index is 860. The van der Waals surface area contributed by atoms with Gasteiger partial charge in [0.1, 0.15) is 5.69 Å². The molecule has 2 aromatic rings. The molecule has 0 saturated heterocycles. The zero-order valence-electron chi connectivity index (χ0n) is 15.7. The number of carbonyl (C=O) groups is 1. The first-order valence-electron chi connectivity index (χ1n) is 8.55. The summed E-state index contributed by atoms with van der Waals surface area (Å²) >= 11 is -3.60. The van der Waals surface area contributed by atoms with Crippen LogP contribution in [-0.4, -0.2) is 46.0 Å². The molecule has 0 N–H and O–H groups in total. The van der Waals surface area contributed by atoms with Gasteiger partial charge in [-0.3, -0.25) is 0 Å². The van der Waals surface area contributed by atoms with Crippen molar-refractivity contribution >= 4 is 17.0 Å². The van der Waals surface area contributed by atoms with Crippen molar-refractivity contribution in [2.75, 3.05) is 20.3 Å². The van der Waals surface area contributed by atoms with Crippen molar-refractivity contribution in [2.24, 2.45) is 0 Å². The van der Waals surface area contributed by atoms with Gasteiger partial charge in [-0.05, 0) is 31.9 Å². The SMILES string of the molecule is CCOC(=O)c1ccc(-c2nc(CCCOC)cnc2OS(=O)C(F)(F)F)cc1. The summed E-state index contributed by atoms with van der Waals surface area (Å²) < 4.78 is 63.6. The number of nitrogens with zero attached hydrogens (tertiary/aromatic N) is 2. The smallest absolute Gasteiger partial charge is 0.462 e. The Kier molecular flexibility index (Phi) is 8.09. The Morgan fingerprint density at radius 2 is 1.90 bits per heavy atom. The molecule has 1 aromatic heterocycles. The first kappa shape index (κ1) is 22.8. The molecule has 1 atom stereocenters. The number of halogens is 3. The molecule has 0 amide bonds. The molecule has 7 nitrogen and oxygen atoms in total. The van der Waals surface area contributed by atoms with E-state index in [9.17, 15) is 22.2 Å². The third-order valence-electron chi connectivity index (χ3n) is 3.58. The van der Waals surface area contributed by atoms with Gasteiger partial charge < -0.3 is 13.7 Å². The van der Waals surface area contributed by atoms with E-state index < -0.39 is 28.4 Å². The van der Waals surface area contributed by atoms with Crippen LogP contribution in [0.2, 0.25) is 0 Å². The molecule has 29 heavy (non-hydrogen) atoms. The molecule has 0 saturated carbocycles. The lowest BCUT2D eigenvalue weighted by Crippen LogP contribution is -2.22. The highest BCUT2D eigenvalue weighted by Gasteiger charge is 2.40. The summed E-state index contributed by atoms with van der Waals surface area (Å²) in [5.41, 5.74) is -3.98. The Balaban J connectivity index is 2.37. The minimum atomic E-state index is -5.07. The van der Waals surface area contributed by atoms with Gasteiger partial charge in [-0.1, -0.05) is 12.1 Å². The van der Waals surface area contributed by atoms with Crippen LogP contribution >= 0.6 is 0 Å². The number of alkyl halides is 3. The number of rotatable bonds is 9. The first-order valence-corrected chi connectivity index (χ1v) is 9.63. The lowest BCUT2D eigenvalue weighted by atomic mass is 10.1. The van der Waals surface area contributed by atoms with Gasteiger partial charge in [-0.2, -0.15) is 13.2 Å². The van der Waals surface area contributed by atoms with E-state index in [1.165, 1.54) is 30.5 Å². The fourth-order valence-corrected chi connectivity index (χ4v) is 2.64. The highest BCUT2D eigenvalue weighted by atomic mass is 32.2. The van der Waals surface area contributed by atoms with Crippen LogP contribution in [0.3, 0.4) is 0 Å². The standard InChI is InChI=1S/C18H19F3N2O5S/c1-3-27-17(24)13-8-6-12(7-9-13)15-16(28-29(25)18(19,20)21)22-11-14(23-15)5-4-10-26-2/h6-9,11H,3-5,10H2,1-2H3. The fraction of sp³-hybridized carbons (Fsp3) is 0.389. The highest BCUT2D eigenvalue weighted by Crippen LogP contribution is 2.30. The van der Waals surface area contributed by atoms with Crippen LogP contribution in [0.1, 0.15) is 29.4 Å². The Labute approximate surface area is 167 Å². The van der Waals surface area contributed by atoms with Crippen LogP contribution in [-0.2, 0) is 27.0 Å². The average molecular weight is 432 g/mol. The van der Waals surface area contributed by atoms with Crippen molar-refractivity contribution in [3.63, 3.8) is 0 Å². The molecule has 0 radical (unpaired) electrons. The number of ether oxygens (including phenoxy) is 2. The summed E-state index contributed by atoms with van der Waals surface area (Å²) in [4.78, 5) is 19.9. The molecule has 1 unspecified atom stereocenters. The van der Waals surface area contributed by atoms with E-state index in [2.05, 4.69) is 14.2 Å². The molecule has 0 aliphatic rings. The number of methoxy groups -OCH3 is 1. The molecule has 158 valence electrons. The Morgan fingerprint density at radius 3 is 2.48 bits per heavy atom. The maximum absolute atomic E-state index is 12.6. The predicted octanol–water partition coefficient (Wildman–Crippen LogP) is 3.46. The van der Waals surface area contributed by atoms with Crippen LogP contribution in [0.25, 0.3) is 11.3 Å². The highest BCUT2D eigenvalue weighted by molar-refractivity contribution is 7.81. The summed E-state index contributed by atoms with van der Waals surface area (Å²) in [7, 11) is 1.55. The first-order chi connectivity index (χ1) is 13.8. The Morgan fingerprint density at radius 1 is 1.21 bits per heavy atom. The van der Waals surface area contributed by atoms with Gasteiger partial charge in [0.2, 0.25) is 0 Å². The van der Waals surface area contributed by atoms with E-state index in [0.717, 1.165) is 0 Å². The van der Waals surface area contributed by atoms with Gasteiger partial charge in [0.15, 0.2) is 0 Å². The monoisotopic (exact) mass is 432 g/mol. The van der Waals surface area contributed by atoms with Crippen molar-refractivity contribution in [3.8, 4) is 17.1 Å². The quantitative estimate of drug-likeness (QED) is 0.443. The van der Waals surface area contributed by atoms with E-state index in [4.69, 9.17) is 9.47 Å². The maximum Gasteiger partial charge on any atom is 0.508 e. The molecule has 0 spiro atoms. The molecule has 0 fully saturated rings. The average Bonchev–Trinajstić information content (AvgIpc) is 2.68. The van der Waals surface area contributed by atoms with Crippen molar-refractivity contribution in [1.29, 1.82) is 0 Å². The minimum absolute atomic E-state index is 0.0204. The van der Waals surface area contributed by atoms with E-state index >= 15 is 0 Å². The summed E-state index contributed by atoms with van der Waals surface area (Å²) in [6.07, 6.45) is 2.35. The number of hydrogen-bond acceptors (Lipinski definition) is 7. The summed E-state index contributed by atoms with van der Waals surface area (Å²) in [6.45, 7) is 2.35. The van der Waals surface area contributed by atoms with Crippen molar-refractivity contribution in [1.82, 2.24) is 9.97 Å². The molecule has 1 heterocycles. The predicted molar refractivity (Wildman–Crippen MR) is 98.4 cm³/mol. The summed E-state index contributed by atoms with van der Waals surface area (Å²) in [5.74, 6) is -1.06. The minimum Gasteiger partial charge on any atom is -0.462 e. The van der Waals surface area contributed by atoms with Crippen LogP contribution in [0.5, 0.6) is 5.88 Å². The molecule has 11 heteroatoms. The largest absolute Gasteiger partial charge is 0.508 e. The van der Waals surface area contributed by atoms with Crippen molar-refractivity contribution < 1.29 is 35.8 Å². The number of esters is 1. The lowest BCUT2D eigenvalue weighted by Gasteiger charge is -2.12. The van der Waals surface area contributed by atoms with Crippen LogP contribution in [0.15, 0.2) is 30.5 Å². The van der Waals surface area contributed by atoms with E-state index in [1.54, 1.807) is 14.0 Å². The molecule has 0 aliphatic carbocycles. The maximum atomic E-state index is 12.6. The van der Waals surface area contributed by atoms with Crippen molar-refractivity contribution in [2.45, 2.75) is 25.3 Å². The molecule has 0 bridgehead atoms. The van der Waals surface area contributed by atoms with Gasteiger partial charge in [0.25, 0.3) is 5.88 Å². The van der Waals surface area contributed by atoms with Gasteiger partial charge >= 0.3 is 22.6 Å². The van der Waals surface area contributed by atoms with Gasteiger partial charge in [0, 0.05) is 19.3 Å². The zero-order chi connectivity index (χ0) is 21.4. The van der Waals surface area contributed by atoms with E-state index in [-0.39, 0.29) is 17.9 Å². The second kappa shape index (κ2) is 10.3. The normalized spacial score (nSPS) is 12.4. The topological polar surface area (TPSA) is 87.6 Å². The number of hydrogen-bond donors (Lipinski definition) is 0. The van der Waals surface area contributed by atoms with E-state index in [0.29, 0.717) is 30.7 Å². The number of aryl methyl sites for hydroxylation is 1. The van der Waals surface area contributed by atoms with E-state index in [1.807, 2.05) is 0 Å².